The molecule has 1 unspecified atom stereocenters. The highest BCUT2D eigenvalue weighted by atomic mass is 16.5. The summed E-state index contributed by atoms with van der Waals surface area (Å²) in [4.78, 5) is 5.20. The molecule has 4 rings (SSSR count). The quantitative estimate of drug-likeness (QED) is 0.752. The molecule has 29 heavy (non-hydrogen) atoms. The van der Waals surface area contributed by atoms with E-state index in [1.54, 1.807) is 0 Å². The first-order valence-electron chi connectivity index (χ1n) is 11.1. The first-order valence-corrected chi connectivity index (χ1v) is 11.1. The lowest BCUT2D eigenvalue weighted by Crippen LogP contribution is -2.49. The molecule has 1 aromatic carbocycles. The second-order valence-electron chi connectivity index (χ2n) is 8.49. The number of hydrogen-bond acceptors (Lipinski definition) is 5. The van der Waals surface area contributed by atoms with Gasteiger partial charge in [-0.15, -0.1) is 0 Å². The van der Waals surface area contributed by atoms with Gasteiger partial charge in [0.05, 0.1) is 25.1 Å². The number of rotatable bonds is 7. The van der Waals surface area contributed by atoms with E-state index in [0.717, 1.165) is 64.7 Å². The van der Waals surface area contributed by atoms with E-state index in [1.165, 1.54) is 35.1 Å². The molecule has 2 aromatic rings. The van der Waals surface area contributed by atoms with Gasteiger partial charge in [0, 0.05) is 56.4 Å². The molecule has 6 heteroatoms. The number of hydrogen-bond donors (Lipinski definition) is 2. The summed E-state index contributed by atoms with van der Waals surface area (Å²) in [6.07, 6.45) is 4.55. The van der Waals surface area contributed by atoms with Crippen molar-refractivity contribution in [1.29, 1.82) is 0 Å². The normalized spacial score (nSPS) is 21.0. The topological polar surface area (TPSA) is 56.4 Å². The molecule has 1 aromatic heterocycles. The molecule has 1 atom stereocenters. The molecule has 2 aliphatic heterocycles. The van der Waals surface area contributed by atoms with Gasteiger partial charge in [-0.1, -0.05) is 12.1 Å². The van der Waals surface area contributed by atoms with Gasteiger partial charge in [0.25, 0.3) is 0 Å². The zero-order chi connectivity index (χ0) is 20.1. The summed E-state index contributed by atoms with van der Waals surface area (Å²) in [5.74, 6) is 0. The fraction of sp³-hybridized carbons (Fsp3) is 0.609. The van der Waals surface area contributed by atoms with Crippen LogP contribution in [0.5, 0.6) is 0 Å². The maximum absolute atomic E-state index is 5.51. The number of nitrogens with zero attached hydrogens (tertiary/aromatic N) is 3. The minimum atomic E-state index is 0.590. The third-order valence-corrected chi connectivity index (χ3v) is 6.48. The SMILES string of the molecule is Cc1ccc(-c2[nH]ncc2CN(CCN2CCOCC2)C2CCCNC2)cc1C. The van der Waals surface area contributed by atoms with Crippen molar-refractivity contribution in [2.75, 3.05) is 52.5 Å². The molecule has 3 heterocycles. The summed E-state index contributed by atoms with van der Waals surface area (Å²) >= 11 is 0. The van der Waals surface area contributed by atoms with Gasteiger partial charge in [0.2, 0.25) is 0 Å². The van der Waals surface area contributed by atoms with Crippen LogP contribution < -0.4 is 5.32 Å². The van der Waals surface area contributed by atoms with E-state index in [0.29, 0.717) is 6.04 Å². The van der Waals surface area contributed by atoms with Gasteiger partial charge >= 0.3 is 0 Å². The molecule has 0 amide bonds. The standard InChI is InChI=1S/C23H35N5O/c1-18-5-6-20(14-19(18)2)23-21(15-25-26-23)17-28(22-4-3-7-24-16-22)9-8-27-10-12-29-13-11-27/h5-6,14-15,22,24H,3-4,7-13,16-17H2,1-2H3,(H,25,26). The van der Waals surface area contributed by atoms with Gasteiger partial charge in [-0.3, -0.25) is 14.9 Å². The zero-order valence-electron chi connectivity index (χ0n) is 17.9. The van der Waals surface area contributed by atoms with E-state index >= 15 is 0 Å². The smallest absolute Gasteiger partial charge is 0.0695 e. The number of aryl methyl sites for hydroxylation is 2. The molecule has 2 N–H and O–H groups in total. The van der Waals surface area contributed by atoms with Gasteiger partial charge in [-0.05, 0) is 50.4 Å². The Morgan fingerprint density at radius 3 is 2.83 bits per heavy atom. The van der Waals surface area contributed by atoms with Crippen molar-refractivity contribution < 1.29 is 4.74 Å². The summed E-state index contributed by atoms with van der Waals surface area (Å²) in [6.45, 7) is 13.5. The van der Waals surface area contributed by atoms with E-state index in [1.807, 2.05) is 6.20 Å². The molecule has 158 valence electrons. The Bertz CT molecular complexity index is 777. The minimum Gasteiger partial charge on any atom is -0.379 e. The lowest BCUT2D eigenvalue weighted by atomic mass is 10.0. The molecule has 0 bridgehead atoms. The van der Waals surface area contributed by atoms with Crippen LogP contribution in [0.2, 0.25) is 0 Å². The van der Waals surface area contributed by atoms with Crippen LogP contribution in [0, 0.1) is 13.8 Å². The van der Waals surface area contributed by atoms with Gasteiger partial charge in [-0.2, -0.15) is 5.10 Å². The number of H-pyrrole nitrogens is 1. The lowest BCUT2D eigenvalue weighted by molar-refractivity contribution is 0.0290. The largest absolute Gasteiger partial charge is 0.379 e. The zero-order valence-corrected chi connectivity index (χ0v) is 17.9. The fourth-order valence-corrected chi connectivity index (χ4v) is 4.43. The van der Waals surface area contributed by atoms with Crippen LogP contribution in [0.3, 0.4) is 0 Å². The molecular formula is C23H35N5O. The molecule has 0 radical (unpaired) electrons. The van der Waals surface area contributed by atoms with Crippen LogP contribution in [-0.4, -0.2) is 78.5 Å². The third-order valence-electron chi connectivity index (χ3n) is 6.48. The Morgan fingerprint density at radius 2 is 2.07 bits per heavy atom. The third kappa shape index (κ3) is 5.25. The van der Waals surface area contributed by atoms with Gasteiger partial charge in [0.1, 0.15) is 0 Å². The number of benzene rings is 1. The fourth-order valence-electron chi connectivity index (χ4n) is 4.43. The number of piperidine rings is 1. The first kappa shape index (κ1) is 20.5. The predicted molar refractivity (Wildman–Crippen MR) is 117 cm³/mol. The number of ether oxygens (including phenoxy) is 1. The van der Waals surface area contributed by atoms with E-state index in [-0.39, 0.29) is 0 Å². The van der Waals surface area contributed by atoms with Crippen LogP contribution in [0.15, 0.2) is 24.4 Å². The summed E-state index contributed by atoms with van der Waals surface area (Å²) in [7, 11) is 0. The van der Waals surface area contributed by atoms with Crippen LogP contribution in [0.1, 0.15) is 29.5 Å². The van der Waals surface area contributed by atoms with E-state index in [9.17, 15) is 0 Å². The average molecular weight is 398 g/mol. The van der Waals surface area contributed by atoms with Crippen molar-refractivity contribution in [3.8, 4) is 11.3 Å². The van der Waals surface area contributed by atoms with E-state index in [2.05, 4.69) is 57.4 Å². The summed E-state index contributed by atoms with van der Waals surface area (Å²) < 4.78 is 5.51. The van der Waals surface area contributed by atoms with Crippen molar-refractivity contribution in [2.45, 2.75) is 39.3 Å². The number of nitrogens with one attached hydrogen (secondary N) is 2. The Morgan fingerprint density at radius 1 is 1.21 bits per heavy atom. The highest BCUT2D eigenvalue weighted by molar-refractivity contribution is 5.64. The Balaban J connectivity index is 1.49. The summed E-state index contributed by atoms with van der Waals surface area (Å²) in [6, 6.07) is 7.27. The van der Waals surface area contributed by atoms with E-state index in [4.69, 9.17) is 4.74 Å². The van der Waals surface area contributed by atoms with Gasteiger partial charge in [0.15, 0.2) is 0 Å². The van der Waals surface area contributed by atoms with Crippen molar-refractivity contribution in [3.05, 3.63) is 41.1 Å². The second kappa shape index (κ2) is 9.85. The Kier molecular flexibility index (Phi) is 6.98. The molecule has 0 spiro atoms. The second-order valence-corrected chi connectivity index (χ2v) is 8.49. The van der Waals surface area contributed by atoms with Crippen molar-refractivity contribution >= 4 is 0 Å². The summed E-state index contributed by atoms with van der Waals surface area (Å²) in [5, 5.41) is 11.3. The van der Waals surface area contributed by atoms with Gasteiger partial charge < -0.3 is 10.1 Å². The maximum Gasteiger partial charge on any atom is 0.0695 e. The Hall–Kier alpha value is -1.73. The molecule has 0 aliphatic carbocycles. The maximum atomic E-state index is 5.51. The number of aromatic amines is 1. The number of aromatic nitrogens is 2. The summed E-state index contributed by atoms with van der Waals surface area (Å²) in [5.41, 5.74) is 6.34. The average Bonchev–Trinajstić information content (AvgIpc) is 3.22. The lowest BCUT2D eigenvalue weighted by Gasteiger charge is -2.36. The van der Waals surface area contributed by atoms with E-state index < -0.39 is 0 Å². The highest BCUT2D eigenvalue weighted by Crippen LogP contribution is 2.25. The van der Waals surface area contributed by atoms with Crippen molar-refractivity contribution in [1.82, 2.24) is 25.3 Å². The van der Waals surface area contributed by atoms with Crippen LogP contribution in [0.25, 0.3) is 11.3 Å². The molecule has 6 nitrogen and oxygen atoms in total. The van der Waals surface area contributed by atoms with Gasteiger partial charge in [-0.25, -0.2) is 0 Å². The molecule has 2 fully saturated rings. The van der Waals surface area contributed by atoms with Crippen LogP contribution >= 0.6 is 0 Å². The highest BCUT2D eigenvalue weighted by Gasteiger charge is 2.23. The Labute approximate surface area is 174 Å². The molecule has 2 aliphatic rings. The molecule has 2 saturated heterocycles. The van der Waals surface area contributed by atoms with Crippen LogP contribution in [-0.2, 0) is 11.3 Å². The number of morpholine rings is 1. The first-order chi connectivity index (χ1) is 14.2. The molecule has 0 saturated carbocycles. The van der Waals surface area contributed by atoms with Crippen molar-refractivity contribution in [3.63, 3.8) is 0 Å². The van der Waals surface area contributed by atoms with Crippen molar-refractivity contribution in [2.24, 2.45) is 0 Å². The monoisotopic (exact) mass is 397 g/mol. The predicted octanol–water partition coefficient (Wildman–Crippen LogP) is 2.58. The molecular weight excluding hydrogens is 362 g/mol. The van der Waals surface area contributed by atoms with Crippen LogP contribution in [0.4, 0.5) is 0 Å². The minimum absolute atomic E-state index is 0.590.